The van der Waals surface area contributed by atoms with Crippen molar-refractivity contribution in [2.24, 2.45) is 0 Å². The van der Waals surface area contributed by atoms with Gasteiger partial charge in [0, 0.05) is 5.69 Å². The third-order valence-corrected chi connectivity index (χ3v) is 6.28. The van der Waals surface area contributed by atoms with Crippen LogP contribution in [0.4, 0.5) is 5.69 Å². The number of hydrogen-bond acceptors (Lipinski definition) is 5. The molecular formula is C29H27NO5. The molecule has 1 unspecified atom stereocenters. The number of carbonyl (C=O) groups excluding carboxylic acids is 1. The molecule has 0 spiro atoms. The maximum absolute atomic E-state index is 13.7. The highest BCUT2D eigenvalue weighted by Crippen LogP contribution is 2.43. The smallest absolute Gasteiger partial charge is 0.295 e. The Hall–Kier alpha value is -4.06. The van der Waals surface area contributed by atoms with Gasteiger partial charge in [-0.2, -0.15) is 0 Å². The van der Waals surface area contributed by atoms with Crippen molar-refractivity contribution >= 4 is 22.6 Å². The lowest BCUT2D eigenvalue weighted by molar-refractivity contribution is 0.0971. The van der Waals surface area contributed by atoms with Crippen molar-refractivity contribution < 1.29 is 18.7 Å². The van der Waals surface area contributed by atoms with Gasteiger partial charge < -0.3 is 13.9 Å². The second-order valence-electron chi connectivity index (χ2n) is 8.34. The molecule has 0 N–H and O–H groups in total. The van der Waals surface area contributed by atoms with Crippen LogP contribution in [0, 0.1) is 0 Å². The topological polar surface area (TPSA) is 69.0 Å². The zero-order chi connectivity index (χ0) is 24.5. The average molecular weight is 470 g/mol. The third-order valence-electron chi connectivity index (χ3n) is 6.28. The fourth-order valence-electron chi connectivity index (χ4n) is 4.63. The first-order valence-corrected chi connectivity index (χ1v) is 11.9. The molecule has 0 bridgehead atoms. The number of rotatable bonds is 7. The number of fused-ring (bicyclic) bond motifs is 2. The third kappa shape index (κ3) is 3.85. The Morgan fingerprint density at radius 2 is 1.57 bits per heavy atom. The van der Waals surface area contributed by atoms with Crippen molar-refractivity contribution in [3.8, 4) is 11.5 Å². The summed E-state index contributed by atoms with van der Waals surface area (Å²) in [6.45, 7) is 6.85. The number of benzene rings is 3. The summed E-state index contributed by atoms with van der Waals surface area (Å²) in [4.78, 5) is 29.1. The van der Waals surface area contributed by atoms with E-state index < -0.39 is 6.04 Å². The van der Waals surface area contributed by atoms with Crippen LogP contribution in [0.1, 0.15) is 54.1 Å². The number of ether oxygens (including phenoxy) is 2. The van der Waals surface area contributed by atoms with Gasteiger partial charge in [0.15, 0.2) is 16.9 Å². The van der Waals surface area contributed by atoms with E-state index in [0.29, 0.717) is 46.9 Å². The molecule has 178 valence electrons. The van der Waals surface area contributed by atoms with E-state index in [1.54, 1.807) is 29.2 Å². The Bertz CT molecular complexity index is 1450. The molecule has 35 heavy (non-hydrogen) atoms. The molecule has 1 aliphatic heterocycles. The summed E-state index contributed by atoms with van der Waals surface area (Å²) in [6.07, 6.45) is 0.889. The van der Waals surface area contributed by atoms with Crippen molar-refractivity contribution in [2.45, 2.75) is 33.2 Å². The summed E-state index contributed by atoms with van der Waals surface area (Å²) in [5.74, 6) is 0.917. The lowest BCUT2D eigenvalue weighted by Crippen LogP contribution is -2.29. The van der Waals surface area contributed by atoms with Gasteiger partial charge in [-0.25, -0.2) is 0 Å². The molecule has 5 rings (SSSR count). The predicted molar refractivity (Wildman–Crippen MR) is 136 cm³/mol. The Morgan fingerprint density at radius 3 is 2.29 bits per heavy atom. The fourth-order valence-corrected chi connectivity index (χ4v) is 4.63. The second-order valence-corrected chi connectivity index (χ2v) is 8.34. The molecule has 6 nitrogen and oxygen atoms in total. The van der Waals surface area contributed by atoms with Crippen LogP contribution < -0.4 is 19.8 Å². The molecule has 0 radical (unpaired) electrons. The maximum Gasteiger partial charge on any atom is 0.295 e. The molecule has 4 aromatic rings. The van der Waals surface area contributed by atoms with Crippen molar-refractivity contribution in [3.05, 3.63) is 99.4 Å². The number of amides is 1. The van der Waals surface area contributed by atoms with E-state index >= 15 is 0 Å². The lowest BCUT2D eigenvalue weighted by atomic mass is 9.97. The van der Waals surface area contributed by atoms with Crippen LogP contribution >= 0.6 is 0 Å². The minimum Gasteiger partial charge on any atom is -0.490 e. The van der Waals surface area contributed by atoms with E-state index in [2.05, 4.69) is 6.92 Å². The van der Waals surface area contributed by atoms with Crippen LogP contribution in [0.25, 0.3) is 11.0 Å². The highest BCUT2D eigenvalue weighted by molar-refractivity contribution is 6.10. The lowest BCUT2D eigenvalue weighted by Gasteiger charge is -2.26. The van der Waals surface area contributed by atoms with Crippen LogP contribution in [0.5, 0.6) is 11.5 Å². The van der Waals surface area contributed by atoms with Crippen LogP contribution in [-0.4, -0.2) is 19.1 Å². The predicted octanol–water partition coefficient (Wildman–Crippen LogP) is 5.90. The average Bonchev–Trinajstić information content (AvgIpc) is 3.18. The van der Waals surface area contributed by atoms with Gasteiger partial charge >= 0.3 is 0 Å². The van der Waals surface area contributed by atoms with Gasteiger partial charge in [0.2, 0.25) is 5.76 Å². The van der Waals surface area contributed by atoms with E-state index in [-0.39, 0.29) is 17.1 Å². The van der Waals surface area contributed by atoms with Gasteiger partial charge in [-0.05, 0) is 67.8 Å². The minimum absolute atomic E-state index is 0.0742. The second kappa shape index (κ2) is 9.29. The Balaban J connectivity index is 1.75. The molecule has 1 aromatic heterocycles. The van der Waals surface area contributed by atoms with Crippen molar-refractivity contribution in [2.75, 3.05) is 18.1 Å². The standard InChI is InChI=1S/C29H27NO5/c1-4-18-11-14-20(15-12-18)30-26(19-13-16-23(33-5-2)24(17-19)34-6-3)25-27(31)21-9-7-8-10-22(21)35-28(25)29(30)32/h7-17,26H,4-6H2,1-3H3. The summed E-state index contributed by atoms with van der Waals surface area (Å²) in [7, 11) is 0. The summed E-state index contributed by atoms with van der Waals surface area (Å²) in [5.41, 5.74) is 3.12. The molecule has 1 aliphatic rings. The molecular weight excluding hydrogens is 442 g/mol. The van der Waals surface area contributed by atoms with Crippen LogP contribution in [0.2, 0.25) is 0 Å². The largest absolute Gasteiger partial charge is 0.490 e. The summed E-state index contributed by atoms with van der Waals surface area (Å²) >= 11 is 0. The maximum atomic E-state index is 13.7. The molecule has 1 amide bonds. The van der Waals surface area contributed by atoms with Gasteiger partial charge in [-0.3, -0.25) is 14.5 Å². The number of anilines is 1. The van der Waals surface area contributed by atoms with Gasteiger partial charge in [0.05, 0.1) is 30.2 Å². The van der Waals surface area contributed by atoms with E-state index in [9.17, 15) is 9.59 Å². The fraction of sp³-hybridized carbons (Fsp3) is 0.241. The molecule has 0 saturated heterocycles. The number of para-hydroxylation sites is 1. The Labute approximate surface area is 203 Å². The summed E-state index contributed by atoms with van der Waals surface area (Å²) in [5, 5.41) is 0.447. The van der Waals surface area contributed by atoms with E-state index in [1.807, 2.05) is 56.3 Å². The SMILES string of the molecule is CCOc1ccc(C2c3c(oc4ccccc4c3=O)C(=O)N2c2ccc(CC)cc2)cc1OCC. The molecule has 6 heteroatoms. The van der Waals surface area contributed by atoms with Gasteiger partial charge in [-0.1, -0.05) is 37.3 Å². The minimum atomic E-state index is -0.666. The normalized spacial score (nSPS) is 14.9. The molecule has 2 heterocycles. The summed E-state index contributed by atoms with van der Waals surface area (Å²) < 4.78 is 17.6. The number of nitrogens with zero attached hydrogens (tertiary/aromatic N) is 1. The highest BCUT2D eigenvalue weighted by Gasteiger charge is 2.43. The van der Waals surface area contributed by atoms with Crippen molar-refractivity contribution in [3.63, 3.8) is 0 Å². The molecule has 1 atom stereocenters. The molecule has 0 aliphatic carbocycles. The number of carbonyl (C=O) groups is 1. The summed E-state index contributed by atoms with van der Waals surface area (Å²) in [6, 6.07) is 19.7. The van der Waals surface area contributed by atoms with E-state index in [1.165, 1.54) is 0 Å². The van der Waals surface area contributed by atoms with Crippen LogP contribution in [0.3, 0.4) is 0 Å². The molecule has 0 fully saturated rings. The van der Waals surface area contributed by atoms with Gasteiger partial charge in [0.25, 0.3) is 5.91 Å². The van der Waals surface area contributed by atoms with E-state index in [0.717, 1.165) is 17.5 Å². The van der Waals surface area contributed by atoms with Crippen molar-refractivity contribution in [1.29, 1.82) is 0 Å². The van der Waals surface area contributed by atoms with Crippen molar-refractivity contribution in [1.82, 2.24) is 0 Å². The molecule has 0 saturated carbocycles. The molecule has 3 aromatic carbocycles. The van der Waals surface area contributed by atoms with Crippen LogP contribution in [0.15, 0.2) is 75.9 Å². The first kappa shape index (κ1) is 22.7. The Kier molecular flexibility index (Phi) is 6.03. The van der Waals surface area contributed by atoms with Crippen LogP contribution in [-0.2, 0) is 6.42 Å². The van der Waals surface area contributed by atoms with Gasteiger partial charge in [-0.15, -0.1) is 0 Å². The monoisotopic (exact) mass is 469 g/mol. The highest BCUT2D eigenvalue weighted by atomic mass is 16.5. The quantitative estimate of drug-likeness (QED) is 0.337. The zero-order valence-electron chi connectivity index (χ0n) is 20.0. The number of aryl methyl sites for hydroxylation is 1. The Morgan fingerprint density at radius 1 is 0.857 bits per heavy atom. The van der Waals surface area contributed by atoms with E-state index in [4.69, 9.17) is 13.9 Å². The van der Waals surface area contributed by atoms with Gasteiger partial charge in [0.1, 0.15) is 5.58 Å². The first-order valence-electron chi connectivity index (χ1n) is 11.9. The number of hydrogen-bond donors (Lipinski definition) is 0. The zero-order valence-corrected chi connectivity index (χ0v) is 20.0. The first-order chi connectivity index (χ1) is 17.1.